The number of carbonyl (C=O) groups excluding carboxylic acids is 2. The molecular weight excluding hydrogens is 1110 g/mol. The largest absolute Gasteiger partial charge is 0.472 e. The molecule has 0 heterocycles. The van der Waals surface area contributed by atoms with Crippen LogP contribution >= 0.6 is 7.82 Å². The molecule has 0 bridgehead atoms. The highest BCUT2D eigenvalue weighted by molar-refractivity contribution is 7.47. The second-order valence-electron chi connectivity index (χ2n) is 26.5. The van der Waals surface area contributed by atoms with Gasteiger partial charge in [0.25, 0.3) is 0 Å². The molecule has 9 nitrogen and oxygen atoms in total. The lowest BCUT2D eigenvalue weighted by Gasteiger charge is -2.27. The van der Waals surface area contributed by atoms with Crippen LogP contribution in [0, 0.1) is 0 Å². The first-order valence-electron chi connectivity index (χ1n) is 37.4. The summed E-state index contributed by atoms with van der Waals surface area (Å²) in [4.78, 5) is 38.0. The van der Waals surface area contributed by atoms with E-state index in [1.807, 2.05) is 33.3 Å². The van der Waals surface area contributed by atoms with E-state index in [0.29, 0.717) is 17.4 Å². The summed E-state index contributed by atoms with van der Waals surface area (Å²) in [6.45, 7) is 6.99. The Morgan fingerprint density at radius 1 is 0.398 bits per heavy atom. The summed E-state index contributed by atoms with van der Waals surface area (Å²) in [7, 11) is 1.49. The molecule has 2 N–H and O–H groups in total. The molecule has 10 heteroatoms. The summed E-state index contributed by atoms with van der Waals surface area (Å²) in [6.07, 6.45) is 90.3. The average molecular weight is 1250 g/mol. The number of esters is 1. The Kier molecular flexibility index (Phi) is 64.9. The van der Waals surface area contributed by atoms with Crippen molar-refractivity contribution in [2.24, 2.45) is 0 Å². The number of amides is 1. The number of nitrogens with one attached hydrogen (secondary N) is 1. The van der Waals surface area contributed by atoms with Crippen LogP contribution in [0.15, 0.2) is 85.1 Å². The predicted octanol–water partition coefficient (Wildman–Crippen LogP) is 24.1. The summed E-state index contributed by atoms with van der Waals surface area (Å²) in [5.74, 6) is -0.507. The SMILES string of the molecule is CCCCC/C=C\C/C=C\C/C=C\C/C=C\CCCCCCCCCC(=O)OC(/C=C\CCCCCCCCCCCC)C(COP(=O)(O)OCC[N+](C)(C)C)NC(=O)CCCCCCCCCCCCCCCCCCC/C=C\C/C=C\CCCCC. The van der Waals surface area contributed by atoms with Gasteiger partial charge in [-0.15, -0.1) is 0 Å². The fourth-order valence-electron chi connectivity index (χ4n) is 10.8. The molecule has 0 saturated heterocycles. The molecule has 0 aromatic carbocycles. The minimum absolute atomic E-state index is 0.0367. The summed E-state index contributed by atoms with van der Waals surface area (Å²) >= 11 is 0. The lowest BCUT2D eigenvalue weighted by Crippen LogP contribution is -2.47. The van der Waals surface area contributed by atoms with Crippen LogP contribution in [0.5, 0.6) is 0 Å². The van der Waals surface area contributed by atoms with Gasteiger partial charge in [0.05, 0.1) is 33.8 Å². The van der Waals surface area contributed by atoms with E-state index in [0.717, 1.165) is 96.3 Å². The number of nitrogens with zero attached hydrogens (tertiary/aromatic N) is 1. The predicted molar refractivity (Wildman–Crippen MR) is 383 cm³/mol. The Bertz CT molecular complexity index is 1780. The zero-order chi connectivity index (χ0) is 64.2. The molecular formula is C78H144N2O7P+. The van der Waals surface area contributed by atoms with Crippen molar-refractivity contribution in [3.8, 4) is 0 Å². The first-order valence-corrected chi connectivity index (χ1v) is 38.9. The smallest absolute Gasteiger partial charge is 0.456 e. The van der Waals surface area contributed by atoms with Crippen molar-refractivity contribution in [2.45, 2.75) is 360 Å². The Labute approximate surface area is 546 Å². The van der Waals surface area contributed by atoms with Crippen LogP contribution in [0.1, 0.15) is 348 Å². The topological polar surface area (TPSA) is 111 Å². The molecule has 88 heavy (non-hydrogen) atoms. The standard InChI is InChI=1S/C78H143N2O7P/c1-7-10-13-16-19-22-25-28-30-32-34-36-38-39-40-41-43-44-46-48-50-52-55-58-61-64-67-70-77(81)79-75(74-86-88(83,84)85-73-72-80(4,5)6)76(69-66-63-60-57-54-27-24-21-18-15-12-9-3)87-78(82)71-68-65-62-59-56-53-51-49-47-45-42-37-35-33-31-29-26-23-20-17-14-11-8-2/h19-20,22-23,28-31,35,37,45,47,66,69,75-76H,7-18,21,24-27,32-34,36,38-44,46,48-65,67-68,70-74H2,1-6H3,(H-,79,81,83,84)/p+1/b22-19-,23-20-,30-28-,31-29-,37-35-,47-45-,69-66-. The van der Waals surface area contributed by atoms with Crippen molar-refractivity contribution in [2.75, 3.05) is 40.9 Å². The quantitative estimate of drug-likeness (QED) is 0.0205. The average Bonchev–Trinajstić information content (AvgIpc) is 3.71. The Hall–Kier alpha value is -2.81. The monoisotopic (exact) mass is 1250 g/mol. The molecule has 0 saturated carbocycles. The van der Waals surface area contributed by atoms with E-state index in [1.165, 1.54) is 218 Å². The van der Waals surface area contributed by atoms with Crippen molar-refractivity contribution in [1.82, 2.24) is 5.32 Å². The van der Waals surface area contributed by atoms with Crippen LogP contribution in [-0.4, -0.2) is 74.3 Å². The van der Waals surface area contributed by atoms with Crippen molar-refractivity contribution in [1.29, 1.82) is 0 Å². The van der Waals surface area contributed by atoms with Gasteiger partial charge < -0.3 is 19.4 Å². The molecule has 0 aliphatic rings. The van der Waals surface area contributed by atoms with Crippen molar-refractivity contribution in [3.63, 3.8) is 0 Å². The molecule has 0 aliphatic carbocycles. The molecule has 0 aliphatic heterocycles. The van der Waals surface area contributed by atoms with E-state index in [9.17, 15) is 19.0 Å². The first kappa shape index (κ1) is 85.2. The second-order valence-corrected chi connectivity index (χ2v) is 27.9. The Balaban J connectivity index is 5.01. The number of likely N-dealkylation sites (N-methyl/N-ethyl adjacent to an activating group) is 1. The lowest BCUT2D eigenvalue weighted by molar-refractivity contribution is -0.870. The first-order chi connectivity index (χ1) is 42.9. The van der Waals surface area contributed by atoms with E-state index < -0.39 is 20.0 Å². The van der Waals surface area contributed by atoms with Gasteiger partial charge in [-0.1, -0.05) is 312 Å². The molecule has 0 rings (SSSR count). The molecule has 0 spiro atoms. The maximum absolute atomic E-state index is 13.6. The van der Waals surface area contributed by atoms with E-state index in [4.69, 9.17) is 13.8 Å². The zero-order valence-corrected chi connectivity index (χ0v) is 59.6. The van der Waals surface area contributed by atoms with Gasteiger partial charge >= 0.3 is 13.8 Å². The maximum Gasteiger partial charge on any atom is 0.472 e. The number of phosphoric acid groups is 1. The Morgan fingerprint density at radius 3 is 1.06 bits per heavy atom. The molecule has 512 valence electrons. The number of phosphoric ester groups is 1. The summed E-state index contributed by atoms with van der Waals surface area (Å²) < 4.78 is 30.9. The fourth-order valence-corrected chi connectivity index (χ4v) is 11.5. The van der Waals surface area contributed by atoms with Gasteiger partial charge in [0.15, 0.2) is 0 Å². The minimum Gasteiger partial charge on any atom is -0.456 e. The van der Waals surface area contributed by atoms with Crippen molar-refractivity contribution < 1.29 is 37.3 Å². The van der Waals surface area contributed by atoms with E-state index >= 15 is 0 Å². The van der Waals surface area contributed by atoms with Crippen molar-refractivity contribution >= 4 is 19.7 Å². The summed E-state index contributed by atoms with van der Waals surface area (Å²) in [5.41, 5.74) is 0. The van der Waals surface area contributed by atoms with Gasteiger partial charge in [-0.2, -0.15) is 0 Å². The van der Waals surface area contributed by atoms with Gasteiger partial charge in [0.1, 0.15) is 19.3 Å². The zero-order valence-electron chi connectivity index (χ0n) is 58.7. The molecule has 3 unspecified atom stereocenters. The molecule has 0 aromatic heterocycles. The van der Waals surface area contributed by atoms with E-state index in [-0.39, 0.29) is 31.5 Å². The molecule has 0 aromatic rings. The van der Waals surface area contributed by atoms with Crippen LogP contribution < -0.4 is 5.32 Å². The van der Waals surface area contributed by atoms with Gasteiger partial charge in [-0.05, 0) is 109 Å². The van der Waals surface area contributed by atoms with Gasteiger partial charge in [0.2, 0.25) is 5.91 Å². The Morgan fingerprint density at radius 2 is 0.693 bits per heavy atom. The number of unbranched alkanes of at least 4 members (excludes halogenated alkanes) is 40. The third-order valence-corrected chi connectivity index (χ3v) is 17.5. The molecule has 3 atom stereocenters. The number of rotatable bonds is 68. The number of quaternary nitrogens is 1. The number of hydrogen-bond acceptors (Lipinski definition) is 6. The van der Waals surface area contributed by atoms with E-state index in [2.05, 4.69) is 99.0 Å². The number of ether oxygens (including phenoxy) is 1. The highest BCUT2D eigenvalue weighted by Gasteiger charge is 2.30. The van der Waals surface area contributed by atoms with Gasteiger partial charge in [-0.3, -0.25) is 18.6 Å². The van der Waals surface area contributed by atoms with Crippen LogP contribution in [0.25, 0.3) is 0 Å². The maximum atomic E-state index is 13.6. The lowest BCUT2D eigenvalue weighted by atomic mass is 10.0. The van der Waals surface area contributed by atoms with Crippen molar-refractivity contribution in [3.05, 3.63) is 85.1 Å². The molecule has 0 fully saturated rings. The minimum atomic E-state index is -4.46. The molecule has 1 amide bonds. The van der Waals surface area contributed by atoms with Gasteiger partial charge in [0, 0.05) is 12.8 Å². The number of carbonyl (C=O) groups is 2. The fraction of sp³-hybridized carbons (Fsp3) is 0.795. The summed E-state index contributed by atoms with van der Waals surface area (Å²) in [5, 5.41) is 3.08. The summed E-state index contributed by atoms with van der Waals surface area (Å²) in [6, 6.07) is -0.857. The highest BCUT2D eigenvalue weighted by atomic mass is 31.2. The normalized spacial score (nSPS) is 13.9. The molecule has 0 radical (unpaired) electrons. The van der Waals surface area contributed by atoms with Crippen LogP contribution in [-0.2, 0) is 27.9 Å². The van der Waals surface area contributed by atoms with E-state index in [1.54, 1.807) is 0 Å². The highest BCUT2D eigenvalue weighted by Crippen LogP contribution is 2.43. The number of hydrogen-bond donors (Lipinski definition) is 2. The second kappa shape index (κ2) is 67.1. The third kappa shape index (κ3) is 67.6. The van der Waals surface area contributed by atoms with Gasteiger partial charge in [-0.25, -0.2) is 4.57 Å². The van der Waals surface area contributed by atoms with Crippen LogP contribution in [0.3, 0.4) is 0 Å². The third-order valence-electron chi connectivity index (χ3n) is 16.6. The van der Waals surface area contributed by atoms with Crippen LogP contribution in [0.2, 0.25) is 0 Å². The van der Waals surface area contributed by atoms with Crippen LogP contribution in [0.4, 0.5) is 0 Å². The number of allylic oxidation sites excluding steroid dienone is 13.